The van der Waals surface area contributed by atoms with Gasteiger partial charge in [-0.05, 0) is 32.3 Å². The highest BCUT2D eigenvalue weighted by Crippen LogP contribution is 2.25. The van der Waals surface area contributed by atoms with Gasteiger partial charge in [0.25, 0.3) is 0 Å². The van der Waals surface area contributed by atoms with Crippen LogP contribution in [0.25, 0.3) is 0 Å². The predicted molar refractivity (Wildman–Crippen MR) is 85.2 cm³/mol. The van der Waals surface area contributed by atoms with Gasteiger partial charge in [-0.25, -0.2) is 0 Å². The zero-order valence-corrected chi connectivity index (χ0v) is 13.8. The molecular formula is C16H27N5. The molecular weight excluding hydrogens is 262 g/mol. The van der Waals surface area contributed by atoms with E-state index in [4.69, 9.17) is 10.8 Å². The molecule has 0 aromatic carbocycles. The molecule has 1 unspecified atom stereocenters. The van der Waals surface area contributed by atoms with E-state index >= 15 is 0 Å². The fourth-order valence-corrected chi connectivity index (χ4v) is 2.93. The van der Waals surface area contributed by atoms with Crippen LogP contribution in [0, 0.1) is 6.92 Å². The van der Waals surface area contributed by atoms with Crippen molar-refractivity contribution in [1.82, 2.24) is 19.6 Å². The molecule has 2 aromatic rings. The maximum atomic E-state index is 6.32. The van der Waals surface area contributed by atoms with Crippen molar-refractivity contribution in [3.05, 3.63) is 34.4 Å². The third-order valence-electron chi connectivity index (χ3n) is 4.07. The highest BCUT2D eigenvalue weighted by Gasteiger charge is 2.20. The number of nitrogens with zero attached hydrogens (tertiary/aromatic N) is 4. The first-order chi connectivity index (χ1) is 10.0. The smallest absolute Gasteiger partial charge is 0.0831 e. The van der Waals surface area contributed by atoms with Crippen LogP contribution >= 0.6 is 0 Å². The Morgan fingerprint density at radius 2 is 1.90 bits per heavy atom. The van der Waals surface area contributed by atoms with Crippen molar-refractivity contribution >= 4 is 0 Å². The molecule has 2 rings (SSSR count). The van der Waals surface area contributed by atoms with Crippen molar-refractivity contribution < 1.29 is 0 Å². The Hall–Kier alpha value is -1.62. The molecule has 0 fully saturated rings. The highest BCUT2D eigenvalue weighted by molar-refractivity contribution is 5.30. The van der Waals surface area contributed by atoms with Crippen LogP contribution in [0.1, 0.15) is 61.6 Å². The van der Waals surface area contributed by atoms with Crippen molar-refractivity contribution in [1.29, 1.82) is 0 Å². The molecule has 0 aliphatic rings. The molecule has 21 heavy (non-hydrogen) atoms. The van der Waals surface area contributed by atoms with Gasteiger partial charge in [-0.1, -0.05) is 20.8 Å². The summed E-state index contributed by atoms with van der Waals surface area (Å²) in [6.45, 7) is 9.22. The van der Waals surface area contributed by atoms with E-state index in [1.54, 1.807) is 0 Å². The van der Waals surface area contributed by atoms with Crippen molar-refractivity contribution in [3.8, 4) is 0 Å². The van der Waals surface area contributed by atoms with E-state index in [2.05, 4.69) is 36.6 Å². The molecule has 116 valence electrons. The number of hydrogen-bond donors (Lipinski definition) is 1. The van der Waals surface area contributed by atoms with Crippen molar-refractivity contribution in [3.63, 3.8) is 0 Å². The van der Waals surface area contributed by atoms with E-state index in [0.717, 1.165) is 37.2 Å². The zero-order chi connectivity index (χ0) is 15.6. The number of aromatic nitrogens is 4. The minimum Gasteiger partial charge on any atom is -0.324 e. The Balaban J connectivity index is 2.44. The van der Waals surface area contributed by atoms with E-state index in [-0.39, 0.29) is 6.04 Å². The second-order valence-electron chi connectivity index (χ2n) is 5.59. The first-order valence-electron chi connectivity index (χ1n) is 7.85. The van der Waals surface area contributed by atoms with Crippen LogP contribution < -0.4 is 5.73 Å². The van der Waals surface area contributed by atoms with Gasteiger partial charge in [-0.2, -0.15) is 10.2 Å². The summed E-state index contributed by atoms with van der Waals surface area (Å²) in [7, 11) is 1.98. The van der Waals surface area contributed by atoms with Gasteiger partial charge in [-0.3, -0.25) is 9.36 Å². The van der Waals surface area contributed by atoms with Gasteiger partial charge >= 0.3 is 0 Å². The van der Waals surface area contributed by atoms with Crippen LogP contribution in [0.3, 0.4) is 0 Å². The maximum absolute atomic E-state index is 6.32. The monoisotopic (exact) mass is 289 g/mol. The Morgan fingerprint density at radius 1 is 1.19 bits per heavy atom. The normalized spacial score (nSPS) is 12.9. The van der Waals surface area contributed by atoms with E-state index in [1.165, 1.54) is 17.0 Å². The molecule has 0 bridgehead atoms. The molecule has 2 aromatic heterocycles. The van der Waals surface area contributed by atoms with E-state index in [0.29, 0.717) is 0 Å². The van der Waals surface area contributed by atoms with Crippen molar-refractivity contribution in [2.75, 3.05) is 0 Å². The number of hydrogen-bond acceptors (Lipinski definition) is 3. The summed E-state index contributed by atoms with van der Waals surface area (Å²) in [6, 6.07) is 2.20. The summed E-state index contributed by atoms with van der Waals surface area (Å²) in [5, 5.41) is 9.22. The minimum atomic E-state index is 0.0805. The van der Waals surface area contributed by atoms with Crippen LogP contribution in [0.15, 0.2) is 6.07 Å². The van der Waals surface area contributed by atoms with Gasteiger partial charge in [0.15, 0.2) is 0 Å². The lowest BCUT2D eigenvalue weighted by molar-refractivity contribution is 0.590. The Labute approximate surface area is 127 Å². The van der Waals surface area contributed by atoms with E-state index < -0.39 is 0 Å². The standard InChI is InChI=1S/C16H27N5/c1-6-13(17)16-14(7-2)19-21(15(16)8-3)10-12-9-11(4)18-20(12)5/h9,13H,6-8,10,17H2,1-5H3. The van der Waals surface area contributed by atoms with Crippen molar-refractivity contribution in [2.24, 2.45) is 12.8 Å². The molecule has 5 heteroatoms. The fourth-order valence-electron chi connectivity index (χ4n) is 2.93. The molecule has 0 amide bonds. The van der Waals surface area contributed by atoms with Gasteiger partial charge in [0.2, 0.25) is 0 Å². The molecule has 2 N–H and O–H groups in total. The van der Waals surface area contributed by atoms with Crippen LogP contribution in [0.2, 0.25) is 0 Å². The van der Waals surface area contributed by atoms with E-state index in [9.17, 15) is 0 Å². The largest absolute Gasteiger partial charge is 0.324 e. The molecule has 1 atom stereocenters. The highest BCUT2D eigenvalue weighted by atomic mass is 15.3. The number of rotatable bonds is 6. The van der Waals surface area contributed by atoms with Crippen LogP contribution in [-0.4, -0.2) is 19.6 Å². The SMILES string of the molecule is CCc1nn(Cc2cc(C)nn2C)c(CC)c1C(N)CC. The molecule has 0 aliphatic carbocycles. The second-order valence-corrected chi connectivity index (χ2v) is 5.59. The molecule has 0 saturated heterocycles. The lowest BCUT2D eigenvalue weighted by Crippen LogP contribution is -2.14. The molecule has 2 heterocycles. The van der Waals surface area contributed by atoms with E-state index in [1.807, 2.05) is 18.7 Å². The van der Waals surface area contributed by atoms with Crippen LogP contribution in [0.4, 0.5) is 0 Å². The van der Waals surface area contributed by atoms with Gasteiger partial charge in [0.1, 0.15) is 0 Å². The van der Waals surface area contributed by atoms with Crippen LogP contribution in [-0.2, 0) is 26.4 Å². The fraction of sp³-hybridized carbons (Fsp3) is 0.625. The summed E-state index contributed by atoms with van der Waals surface area (Å²) < 4.78 is 4.04. The molecule has 0 saturated carbocycles. The van der Waals surface area contributed by atoms with Gasteiger partial charge in [0, 0.05) is 24.3 Å². The molecule has 0 aliphatic heterocycles. The summed E-state index contributed by atoms with van der Waals surface area (Å²) in [5.74, 6) is 0. The third-order valence-corrected chi connectivity index (χ3v) is 4.07. The Morgan fingerprint density at radius 3 is 2.38 bits per heavy atom. The molecule has 0 spiro atoms. The zero-order valence-electron chi connectivity index (χ0n) is 13.8. The summed E-state index contributed by atoms with van der Waals surface area (Å²) in [4.78, 5) is 0. The van der Waals surface area contributed by atoms with Crippen molar-refractivity contribution in [2.45, 2.75) is 59.5 Å². The Kier molecular flexibility index (Phi) is 4.83. The average Bonchev–Trinajstić information content (AvgIpc) is 2.98. The minimum absolute atomic E-state index is 0.0805. The summed E-state index contributed by atoms with van der Waals surface area (Å²) in [6.07, 6.45) is 2.82. The first-order valence-corrected chi connectivity index (χ1v) is 7.85. The Bertz CT molecular complexity index is 608. The summed E-state index contributed by atoms with van der Waals surface area (Å²) in [5.41, 5.74) is 12.2. The van der Waals surface area contributed by atoms with Gasteiger partial charge in [0.05, 0.1) is 23.6 Å². The molecule has 5 nitrogen and oxygen atoms in total. The maximum Gasteiger partial charge on any atom is 0.0831 e. The predicted octanol–water partition coefficient (Wildman–Crippen LogP) is 2.51. The third kappa shape index (κ3) is 3.02. The summed E-state index contributed by atoms with van der Waals surface area (Å²) >= 11 is 0. The number of aryl methyl sites for hydroxylation is 3. The van der Waals surface area contributed by atoms with Gasteiger partial charge < -0.3 is 5.73 Å². The first kappa shape index (κ1) is 15.8. The lowest BCUT2D eigenvalue weighted by atomic mass is 10.00. The second kappa shape index (κ2) is 6.43. The van der Waals surface area contributed by atoms with Gasteiger partial charge in [-0.15, -0.1) is 0 Å². The van der Waals surface area contributed by atoms with Crippen LogP contribution in [0.5, 0.6) is 0 Å². The average molecular weight is 289 g/mol. The number of nitrogens with two attached hydrogens (primary N) is 1. The topological polar surface area (TPSA) is 61.7 Å². The quantitative estimate of drug-likeness (QED) is 0.889. The molecule has 0 radical (unpaired) electrons. The lowest BCUT2D eigenvalue weighted by Gasteiger charge is -2.12.